The second kappa shape index (κ2) is 6.04. The molecular formula is C11H12BrClO4S. The Morgan fingerprint density at radius 1 is 1.44 bits per heavy atom. The van der Waals surface area contributed by atoms with Crippen molar-refractivity contribution >= 4 is 41.6 Å². The second-order valence-electron chi connectivity index (χ2n) is 3.74. The van der Waals surface area contributed by atoms with Crippen molar-refractivity contribution in [3.8, 4) is 0 Å². The molecule has 0 aliphatic carbocycles. The van der Waals surface area contributed by atoms with Crippen LogP contribution in [0.2, 0.25) is 0 Å². The number of ether oxygens (including phenoxy) is 1. The normalized spacial score (nSPS) is 13.1. The number of halogens is 2. The standard InChI is InChI=1S/C11H12BrClO4S/c1-3-7(2)17-11(14)8-4-9(12)6-10(5-8)18(13,15)16/h4-7H,3H2,1-2H3. The molecule has 0 spiro atoms. The minimum absolute atomic E-state index is 0.143. The summed E-state index contributed by atoms with van der Waals surface area (Å²) >= 11 is 3.13. The molecule has 1 aromatic carbocycles. The molecule has 0 fully saturated rings. The maximum absolute atomic E-state index is 11.8. The van der Waals surface area contributed by atoms with Gasteiger partial charge in [0.2, 0.25) is 0 Å². The maximum atomic E-state index is 11.8. The van der Waals surface area contributed by atoms with E-state index in [1.807, 2.05) is 6.92 Å². The van der Waals surface area contributed by atoms with Crippen LogP contribution in [0.15, 0.2) is 27.6 Å². The average molecular weight is 356 g/mol. The van der Waals surface area contributed by atoms with Crippen LogP contribution in [0.5, 0.6) is 0 Å². The van der Waals surface area contributed by atoms with Gasteiger partial charge in [0.15, 0.2) is 0 Å². The molecule has 1 aromatic rings. The summed E-state index contributed by atoms with van der Waals surface area (Å²) in [4.78, 5) is 11.6. The van der Waals surface area contributed by atoms with Gasteiger partial charge in [-0.05, 0) is 31.5 Å². The molecule has 0 saturated heterocycles. The lowest BCUT2D eigenvalue weighted by Gasteiger charge is -2.11. The topological polar surface area (TPSA) is 60.4 Å². The Morgan fingerprint density at radius 3 is 2.56 bits per heavy atom. The van der Waals surface area contributed by atoms with Gasteiger partial charge in [-0.3, -0.25) is 0 Å². The van der Waals surface area contributed by atoms with E-state index < -0.39 is 15.0 Å². The molecule has 0 bridgehead atoms. The van der Waals surface area contributed by atoms with E-state index in [1.165, 1.54) is 18.2 Å². The molecule has 0 aliphatic rings. The lowest BCUT2D eigenvalue weighted by atomic mass is 10.2. The van der Waals surface area contributed by atoms with E-state index in [-0.39, 0.29) is 16.6 Å². The van der Waals surface area contributed by atoms with Crippen LogP contribution in [0.1, 0.15) is 30.6 Å². The van der Waals surface area contributed by atoms with Crippen molar-refractivity contribution in [2.75, 3.05) is 0 Å². The molecule has 18 heavy (non-hydrogen) atoms. The van der Waals surface area contributed by atoms with Crippen LogP contribution in [-0.4, -0.2) is 20.5 Å². The van der Waals surface area contributed by atoms with Gasteiger partial charge in [0.1, 0.15) is 0 Å². The molecule has 0 heterocycles. The minimum Gasteiger partial charge on any atom is -0.459 e. The SMILES string of the molecule is CCC(C)OC(=O)c1cc(Br)cc(S(=O)(=O)Cl)c1. The average Bonchev–Trinajstić information content (AvgIpc) is 2.26. The maximum Gasteiger partial charge on any atom is 0.338 e. The van der Waals surface area contributed by atoms with E-state index in [2.05, 4.69) is 15.9 Å². The number of rotatable bonds is 4. The summed E-state index contributed by atoms with van der Waals surface area (Å²) in [6, 6.07) is 4.00. The fourth-order valence-electron chi connectivity index (χ4n) is 1.16. The molecule has 100 valence electrons. The molecule has 1 atom stereocenters. The van der Waals surface area contributed by atoms with Crippen LogP contribution in [0.25, 0.3) is 0 Å². The highest BCUT2D eigenvalue weighted by molar-refractivity contribution is 9.10. The quantitative estimate of drug-likeness (QED) is 0.614. The highest BCUT2D eigenvalue weighted by Crippen LogP contribution is 2.23. The molecule has 0 radical (unpaired) electrons. The number of esters is 1. The van der Waals surface area contributed by atoms with Crippen LogP contribution in [0.4, 0.5) is 0 Å². The van der Waals surface area contributed by atoms with Gasteiger partial charge in [-0.15, -0.1) is 0 Å². The van der Waals surface area contributed by atoms with Gasteiger partial charge in [0.05, 0.1) is 16.6 Å². The Kier molecular flexibility index (Phi) is 5.19. The molecular weight excluding hydrogens is 344 g/mol. The van der Waals surface area contributed by atoms with Gasteiger partial charge in [0, 0.05) is 15.2 Å². The van der Waals surface area contributed by atoms with Gasteiger partial charge in [-0.25, -0.2) is 13.2 Å². The van der Waals surface area contributed by atoms with E-state index in [0.717, 1.165) is 0 Å². The molecule has 4 nitrogen and oxygen atoms in total. The van der Waals surface area contributed by atoms with Crippen LogP contribution in [0.3, 0.4) is 0 Å². The van der Waals surface area contributed by atoms with E-state index in [0.29, 0.717) is 10.9 Å². The number of hydrogen-bond acceptors (Lipinski definition) is 4. The number of carbonyl (C=O) groups is 1. The highest BCUT2D eigenvalue weighted by atomic mass is 79.9. The van der Waals surface area contributed by atoms with Gasteiger partial charge < -0.3 is 4.74 Å². The monoisotopic (exact) mass is 354 g/mol. The predicted octanol–water partition coefficient (Wildman–Crippen LogP) is 3.33. The summed E-state index contributed by atoms with van der Waals surface area (Å²) in [6.07, 6.45) is 0.452. The van der Waals surface area contributed by atoms with Crippen molar-refractivity contribution in [3.05, 3.63) is 28.2 Å². The number of hydrogen-bond donors (Lipinski definition) is 0. The Morgan fingerprint density at radius 2 is 2.06 bits per heavy atom. The zero-order valence-corrected chi connectivity index (χ0v) is 13.0. The molecule has 0 saturated carbocycles. The predicted molar refractivity (Wildman–Crippen MR) is 72.3 cm³/mol. The Balaban J connectivity index is 3.11. The van der Waals surface area contributed by atoms with E-state index >= 15 is 0 Å². The Bertz CT molecular complexity index is 556. The second-order valence-corrected chi connectivity index (χ2v) is 7.22. The van der Waals surface area contributed by atoms with Crippen molar-refractivity contribution in [1.29, 1.82) is 0 Å². The first kappa shape index (κ1) is 15.5. The molecule has 0 amide bonds. The van der Waals surface area contributed by atoms with Crippen LogP contribution >= 0.6 is 26.6 Å². The fourth-order valence-corrected chi connectivity index (χ4v) is 2.60. The van der Waals surface area contributed by atoms with Gasteiger partial charge in [-0.2, -0.15) is 0 Å². The van der Waals surface area contributed by atoms with Crippen molar-refractivity contribution in [2.24, 2.45) is 0 Å². The summed E-state index contributed by atoms with van der Waals surface area (Å²) in [5.74, 6) is -0.577. The van der Waals surface area contributed by atoms with E-state index in [1.54, 1.807) is 6.92 Å². The van der Waals surface area contributed by atoms with Crippen LogP contribution in [0, 0.1) is 0 Å². The summed E-state index contributed by atoms with van der Waals surface area (Å²) < 4.78 is 28.0. The molecule has 1 unspecified atom stereocenters. The van der Waals surface area contributed by atoms with Crippen LogP contribution in [-0.2, 0) is 13.8 Å². The van der Waals surface area contributed by atoms with Crippen molar-refractivity contribution in [1.82, 2.24) is 0 Å². The lowest BCUT2D eigenvalue weighted by Crippen LogP contribution is -2.14. The summed E-state index contributed by atoms with van der Waals surface area (Å²) in [5.41, 5.74) is 0.143. The van der Waals surface area contributed by atoms with Gasteiger partial charge in [0.25, 0.3) is 9.05 Å². The third kappa shape index (κ3) is 4.26. The smallest absolute Gasteiger partial charge is 0.338 e. The first-order valence-corrected chi connectivity index (χ1v) is 8.30. The number of benzene rings is 1. The highest BCUT2D eigenvalue weighted by Gasteiger charge is 2.17. The summed E-state index contributed by atoms with van der Waals surface area (Å²) in [5, 5.41) is 0. The first-order valence-electron chi connectivity index (χ1n) is 5.20. The first-order chi connectivity index (χ1) is 8.24. The third-order valence-electron chi connectivity index (χ3n) is 2.27. The lowest BCUT2D eigenvalue weighted by molar-refractivity contribution is 0.0334. The van der Waals surface area contributed by atoms with Gasteiger partial charge >= 0.3 is 5.97 Å². The van der Waals surface area contributed by atoms with Crippen molar-refractivity contribution in [3.63, 3.8) is 0 Å². The van der Waals surface area contributed by atoms with Gasteiger partial charge in [-0.1, -0.05) is 22.9 Å². The number of carbonyl (C=O) groups excluding carboxylic acids is 1. The molecule has 0 N–H and O–H groups in total. The minimum atomic E-state index is -3.88. The molecule has 0 aromatic heterocycles. The Labute approximate surface area is 119 Å². The van der Waals surface area contributed by atoms with E-state index in [4.69, 9.17) is 15.4 Å². The Hall–Kier alpha value is -0.590. The van der Waals surface area contributed by atoms with Crippen molar-refractivity contribution in [2.45, 2.75) is 31.3 Å². The summed E-state index contributed by atoms with van der Waals surface area (Å²) in [7, 11) is 1.36. The zero-order chi connectivity index (χ0) is 13.9. The largest absolute Gasteiger partial charge is 0.459 e. The summed E-state index contributed by atoms with van der Waals surface area (Å²) in [6.45, 7) is 3.64. The van der Waals surface area contributed by atoms with Crippen LogP contribution < -0.4 is 0 Å². The third-order valence-corrected chi connectivity index (χ3v) is 4.06. The van der Waals surface area contributed by atoms with Crippen molar-refractivity contribution < 1.29 is 17.9 Å². The molecule has 0 aliphatic heterocycles. The zero-order valence-electron chi connectivity index (χ0n) is 9.81. The van der Waals surface area contributed by atoms with E-state index in [9.17, 15) is 13.2 Å². The molecule has 1 rings (SSSR count). The molecule has 7 heteroatoms. The fraction of sp³-hybridized carbons (Fsp3) is 0.364.